The zero-order valence-corrected chi connectivity index (χ0v) is 19.9. The van der Waals surface area contributed by atoms with Gasteiger partial charge >= 0.3 is 0 Å². The molecule has 0 fully saturated rings. The van der Waals surface area contributed by atoms with Crippen LogP contribution in [-0.4, -0.2) is 80.6 Å². The molecule has 0 amide bonds. The molecular formula is C19H32IN7O2. The molecule has 0 atom stereocenters. The number of rotatable bonds is 11. The van der Waals surface area contributed by atoms with E-state index in [0.29, 0.717) is 12.4 Å². The van der Waals surface area contributed by atoms with Crippen molar-refractivity contribution in [2.24, 2.45) is 4.99 Å². The first kappa shape index (κ1) is 25.1. The summed E-state index contributed by atoms with van der Waals surface area (Å²) in [5.41, 5.74) is 0.933. The minimum atomic E-state index is 0. The highest BCUT2D eigenvalue weighted by molar-refractivity contribution is 14.0. The first-order chi connectivity index (χ1) is 13.7. The zero-order chi connectivity index (χ0) is 20.2. The zero-order valence-electron chi connectivity index (χ0n) is 17.6. The van der Waals surface area contributed by atoms with E-state index in [1.165, 1.54) is 0 Å². The van der Waals surface area contributed by atoms with E-state index in [9.17, 15) is 0 Å². The highest BCUT2D eigenvalue weighted by Gasteiger charge is 2.07. The van der Waals surface area contributed by atoms with E-state index < -0.39 is 0 Å². The van der Waals surface area contributed by atoms with Crippen molar-refractivity contribution in [1.29, 1.82) is 0 Å². The second kappa shape index (κ2) is 14.1. The van der Waals surface area contributed by atoms with Crippen molar-refractivity contribution in [2.75, 3.05) is 54.6 Å². The average molecular weight is 517 g/mol. The van der Waals surface area contributed by atoms with Crippen molar-refractivity contribution in [1.82, 2.24) is 30.7 Å². The van der Waals surface area contributed by atoms with E-state index in [4.69, 9.17) is 9.47 Å². The second-order valence-electron chi connectivity index (χ2n) is 6.34. The minimum absolute atomic E-state index is 0. The topological polar surface area (TPSA) is 99.7 Å². The highest BCUT2D eigenvalue weighted by Crippen LogP contribution is 2.18. The SMILES string of the molecule is CN=C(NCCN(C)CCCOC)NCc1nc(-c2ccc(OC)cc2)n[nH]1.I. The van der Waals surface area contributed by atoms with Crippen LogP contribution in [-0.2, 0) is 11.3 Å². The van der Waals surface area contributed by atoms with Gasteiger partial charge in [-0.1, -0.05) is 0 Å². The Morgan fingerprint density at radius 3 is 2.59 bits per heavy atom. The summed E-state index contributed by atoms with van der Waals surface area (Å²) in [6.07, 6.45) is 1.03. The number of aromatic nitrogens is 3. The van der Waals surface area contributed by atoms with E-state index in [-0.39, 0.29) is 24.0 Å². The molecule has 0 aliphatic carbocycles. The van der Waals surface area contributed by atoms with Crippen LogP contribution in [0.2, 0.25) is 0 Å². The highest BCUT2D eigenvalue weighted by atomic mass is 127. The lowest BCUT2D eigenvalue weighted by Crippen LogP contribution is -2.41. The molecule has 2 aromatic rings. The maximum absolute atomic E-state index is 5.17. The first-order valence-corrected chi connectivity index (χ1v) is 9.34. The summed E-state index contributed by atoms with van der Waals surface area (Å²) in [6.45, 7) is 4.03. The second-order valence-corrected chi connectivity index (χ2v) is 6.34. The molecular weight excluding hydrogens is 485 g/mol. The number of hydrogen-bond donors (Lipinski definition) is 3. The summed E-state index contributed by atoms with van der Waals surface area (Å²) in [6, 6.07) is 7.65. The number of benzene rings is 1. The van der Waals surface area contributed by atoms with Crippen LogP contribution in [0, 0.1) is 0 Å². The van der Waals surface area contributed by atoms with Crippen LogP contribution < -0.4 is 15.4 Å². The molecule has 29 heavy (non-hydrogen) atoms. The summed E-state index contributed by atoms with van der Waals surface area (Å²) in [7, 11) is 7.22. The molecule has 1 heterocycles. The fraction of sp³-hybridized carbons (Fsp3) is 0.526. The van der Waals surface area contributed by atoms with Gasteiger partial charge in [0.25, 0.3) is 0 Å². The number of H-pyrrole nitrogens is 1. The third-order valence-electron chi connectivity index (χ3n) is 4.20. The van der Waals surface area contributed by atoms with Crippen LogP contribution in [0.25, 0.3) is 11.4 Å². The van der Waals surface area contributed by atoms with Crippen LogP contribution >= 0.6 is 24.0 Å². The summed E-state index contributed by atoms with van der Waals surface area (Å²) in [5.74, 6) is 2.93. The molecule has 0 radical (unpaired) electrons. The third-order valence-corrected chi connectivity index (χ3v) is 4.20. The number of halogens is 1. The largest absolute Gasteiger partial charge is 0.497 e. The van der Waals surface area contributed by atoms with Crippen molar-refractivity contribution in [3.63, 3.8) is 0 Å². The third kappa shape index (κ3) is 8.96. The van der Waals surface area contributed by atoms with Crippen LogP contribution in [0.4, 0.5) is 0 Å². The Morgan fingerprint density at radius 1 is 1.17 bits per heavy atom. The van der Waals surface area contributed by atoms with E-state index >= 15 is 0 Å². The first-order valence-electron chi connectivity index (χ1n) is 9.34. The normalized spacial score (nSPS) is 11.3. The molecule has 3 N–H and O–H groups in total. The Labute approximate surface area is 189 Å². The molecule has 162 valence electrons. The molecule has 0 aliphatic rings. The summed E-state index contributed by atoms with van der Waals surface area (Å²) in [4.78, 5) is 11.0. The monoisotopic (exact) mass is 517 g/mol. The molecule has 0 saturated carbocycles. The number of guanidine groups is 1. The van der Waals surface area contributed by atoms with Crippen molar-refractivity contribution in [2.45, 2.75) is 13.0 Å². The van der Waals surface area contributed by atoms with Crippen molar-refractivity contribution in [3.05, 3.63) is 30.1 Å². The Morgan fingerprint density at radius 2 is 1.93 bits per heavy atom. The Kier molecular flexibility index (Phi) is 12.2. The van der Waals surface area contributed by atoms with Crippen LogP contribution in [0.5, 0.6) is 5.75 Å². The standard InChI is InChI=1S/C19H31N7O2.HI/c1-20-19(21-10-12-26(2)11-5-13-27-3)22-14-17-23-18(25-24-17)15-6-8-16(28-4)9-7-15;/h6-9H,5,10-14H2,1-4H3,(H2,20,21,22)(H,23,24,25);1H. The van der Waals surface area contributed by atoms with E-state index in [2.05, 4.69) is 42.8 Å². The molecule has 2 rings (SSSR count). The minimum Gasteiger partial charge on any atom is -0.497 e. The van der Waals surface area contributed by atoms with Crippen molar-refractivity contribution < 1.29 is 9.47 Å². The Hall–Kier alpha value is -1.92. The van der Waals surface area contributed by atoms with E-state index in [0.717, 1.165) is 55.8 Å². The van der Waals surface area contributed by atoms with E-state index in [1.54, 1.807) is 21.3 Å². The number of ether oxygens (including phenoxy) is 2. The molecule has 9 nitrogen and oxygen atoms in total. The van der Waals surface area contributed by atoms with Crippen LogP contribution in [0.15, 0.2) is 29.3 Å². The molecule has 0 unspecified atom stereocenters. The molecule has 0 saturated heterocycles. The number of aliphatic imine (C=N–C) groups is 1. The Bertz CT molecular complexity index is 722. The molecule has 1 aromatic carbocycles. The Balaban J connectivity index is 0.00000420. The van der Waals surface area contributed by atoms with Gasteiger partial charge < -0.3 is 25.0 Å². The van der Waals surface area contributed by atoms with Crippen molar-refractivity contribution in [3.8, 4) is 17.1 Å². The lowest BCUT2D eigenvalue weighted by molar-refractivity contribution is 0.180. The quantitative estimate of drug-likeness (QED) is 0.181. The molecule has 10 heteroatoms. The predicted molar refractivity (Wildman–Crippen MR) is 126 cm³/mol. The number of likely N-dealkylation sites (N-methyl/N-ethyl adjacent to an activating group) is 1. The van der Waals surface area contributed by atoms with Crippen LogP contribution in [0.1, 0.15) is 12.2 Å². The maximum Gasteiger partial charge on any atom is 0.191 e. The van der Waals surface area contributed by atoms with Gasteiger partial charge in [-0.15, -0.1) is 24.0 Å². The fourth-order valence-corrected chi connectivity index (χ4v) is 2.59. The summed E-state index contributed by atoms with van der Waals surface area (Å²) < 4.78 is 10.2. The van der Waals surface area contributed by atoms with Gasteiger partial charge in [-0.05, 0) is 37.7 Å². The lowest BCUT2D eigenvalue weighted by atomic mass is 10.2. The van der Waals surface area contributed by atoms with Gasteiger partial charge in [0.05, 0.1) is 13.7 Å². The van der Waals surface area contributed by atoms with Gasteiger partial charge in [-0.3, -0.25) is 10.1 Å². The average Bonchev–Trinajstić information content (AvgIpc) is 3.20. The number of nitrogens with zero attached hydrogens (tertiary/aromatic N) is 4. The van der Waals surface area contributed by atoms with Gasteiger partial charge in [0.1, 0.15) is 11.6 Å². The fourth-order valence-electron chi connectivity index (χ4n) is 2.59. The van der Waals surface area contributed by atoms with E-state index in [1.807, 2.05) is 24.3 Å². The van der Waals surface area contributed by atoms with Crippen molar-refractivity contribution >= 4 is 29.9 Å². The number of nitrogens with one attached hydrogen (secondary N) is 3. The van der Waals surface area contributed by atoms with Gasteiger partial charge in [-0.25, -0.2) is 4.98 Å². The van der Waals surface area contributed by atoms with Gasteiger partial charge in [0.15, 0.2) is 11.8 Å². The van der Waals surface area contributed by atoms with Gasteiger partial charge in [0.2, 0.25) is 0 Å². The van der Waals surface area contributed by atoms with Gasteiger partial charge in [-0.2, -0.15) is 5.10 Å². The summed E-state index contributed by atoms with van der Waals surface area (Å²) in [5, 5.41) is 13.8. The maximum atomic E-state index is 5.17. The molecule has 0 aliphatic heterocycles. The van der Waals surface area contributed by atoms with Crippen LogP contribution in [0.3, 0.4) is 0 Å². The molecule has 1 aromatic heterocycles. The summed E-state index contributed by atoms with van der Waals surface area (Å²) >= 11 is 0. The smallest absolute Gasteiger partial charge is 0.191 e. The lowest BCUT2D eigenvalue weighted by Gasteiger charge is -2.17. The number of aromatic amines is 1. The molecule has 0 spiro atoms. The predicted octanol–water partition coefficient (Wildman–Crippen LogP) is 1.73. The molecule has 0 bridgehead atoms. The van der Waals surface area contributed by atoms with Gasteiger partial charge in [0, 0.05) is 46.0 Å². The number of hydrogen-bond acceptors (Lipinski definition) is 6. The number of methoxy groups -OCH3 is 2.